The van der Waals surface area contributed by atoms with Crippen molar-refractivity contribution in [2.45, 2.75) is 56.9 Å². The third-order valence-corrected chi connectivity index (χ3v) is 6.35. The van der Waals surface area contributed by atoms with Crippen LogP contribution >= 0.6 is 0 Å². The van der Waals surface area contributed by atoms with Gasteiger partial charge in [0.25, 0.3) is 0 Å². The predicted molar refractivity (Wildman–Crippen MR) is 83.7 cm³/mol. The molecular weight excluding hydrogens is 261 g/mol. The molecule has 5 atom stereocenters. The van der Waals surface area contributed by atoms with Gasteiger partial charge in [-0.2, -0.15) is 0 Å². The van der Waals surface area contributed by atoms with Crippen molar-refractivity contribution < 1.29 is 4.39 Å². The van der Waals surface area contributed by atoms with E-state index in [1.165, 1.54) is 38.5 Å². The third-order valence-electron chi connectivity index (χ3n) is 6.35. The zero-order valence-corrected chi connectivity index (χ0v) is 12.7. The monoisotopic (exact) mass is 287 g/mol. The lowest BCUT2D eigenvalue weighted by Gasteiger charge is -2.59. The molecule has 1 aliphatic heterocycles. The Balaban J connectivity index is 1.60. The molecule has 21 heavy (non-hydrogen) atoms. The topological polar surface area (TPSA) is 12.0 Å². The first-order chi connectivity index (χ1) is 10.4. The van der Waals surface area contributed by atoms with E-state index in [4.69, 9.17) is 0 Å². The Hall–Kier alpha value is -0.890. The standard InChI is InChI=1S/C19H26FN/c20-17-10-6-5-7-13(17)15-11-12-21-19-16-9-4-2-1-3-8-14(16)18(15)19/h5-7,10,14-16,18-19,21H,1-4,8-9,11-12H2. The molecule has 0 amide bonds. The minimum absolute atomic E-state index is 0.0115. The van der Waals surface area contributed by atoms with E-state index < -0.39 is 0 Å². The van der Waals surface area contributed by atoms with Crippen LogP contribution in [-0.4, -0.2) is 12.6 Å². The second-order valence-electron chi connectivity index (χ2n) is 7.29. The molecule has 0 aromatic heterocycles. The molecule has 2 heteroatoms. The van der Waals surface area contributed by atoms with E-state index in [1.807, 2.05) is 18.2 Å². The van der Waals surface area contributed by atoms with Crippen molar-refractivity contribution in [3.05, 3.63) is 35.6 Å². The maximum absolute atomic E-state index is 14.2. The van der Waals surface area contributed by atoms with Crippen LogP contribution in [0.25, 0.3) is 0 Å². The van der Waals surface area contributed by atoms with Crippen LogP contribution in [-0.2, 0) is 0 Å². The van der Waals surface area contributed by atoms with Gasteiger partial charge in [0, 0.05) is 6.04 Å². The number of fused-ring (bicyclic) bond motifs is 4. The molecule has 5 unspecified atom stereocenters. The summed E-state index contributed by atoms with van der Waals surface area (Å²) in [5.74, 6) is 2.84. The number of hydrogen-bond donors (Lipinski definition) is 1. The molecule has 1 N–H and O–H groups in total. The number of piperidine rings is 1. The average molecular weight is 287 g/mol. The fraction of sp³-hybridized carbons (Fsp3) is 0.684. The van der Waals surface area contributed by atoms with Gasteiger partial charge in [0.2, 0.25) is 0 Å². The number of halogens is 1. The van der Waals surface area contributed by atoms with E-state index in [1.54, 1.807) is 6.07 Å². The van der Waals surface area contributed by atoms with Gasteiger partial charge in [0.05, 0.1) is 0 Å². The second-order valence-corrected chi connectivity index (χ2v) is 7.29. The SMILES string of the molecule is Fc1ccccc1C1CCNC2C3CCCCCCC3C12. The van der Waals surface area contributed by atoms with E-state index in [9.17, 15) is 4.39 Å². The summed E-state index contributed by atoms with van der Waals surface area (Å²) in [6.07, 6.45) is 9.47. The fourth-order valence-corrected chi connectivity index (χ4v) is 5.44. The maximum Gasteiger partial charge on any atom is 0.126 e. The van der Waals surface area contributed by atoms with Crippen LogP contribution in [0, 0.1) is 23.6 Å². The Morgan fingerprint density at radius 2 is 1.67 bits per heavy atom. The zero-order valence-electron chi connectivity index (χ0n) is 12.7. The van der Waals surface area contributed by atoms with Crippen molar-refractivity contribution in [2.75, 3.05) is 6.54 Å². The molecule has 114 valence electrons. The van der Waals surface area contributed by atoms with Crippen molar-refractivity contribution in [1.29, 1.82) is 0 Å². The van der Waals surface area contributed by atoms with E-state index in [0.29, 0.717) is 17.9 Å². The summed E-state index contributed by atoms with van der Waals surface area (Å²) in [6, 6.07) is 8.14. The number of hydrogen-bond acceptors (Lipinski definition) is 1. The molecular formula is C19H26FN. The largest absolute Gasteiger partial charge is 0.313 e. The van der Waals surface area contributed by atoms with Gasteiger partial charge >= 0.3 is 0 Å². The van der Waals surface area contributed by atoms with E-state index in [0.717, 1.165) is 30.4 Å². The van der Waals surface area contributed by atoms with Gasteiger partial charge in [-0.05, 0) is 61.1 Å². The Morgan fingerprint density at radius 1 is 0.905 bits per heavy atom. The highest BCUT2D eigenvalue weighted by molar-refractivity contribution is 5.26. The first kappa shape index (κ1) is 13.8. The lowest BCUT2D eigenvalue weighted by molar-refractivity contribution is -0.0434. The summed E-state index contributed by atoms with van der Waals surface area (Å²) in [7, 11) is 0. The zero-order chi connectivity index (χ0) is 14.2. The van der Waals surface area contributed by atoms with Crippen molar-refractivity contribution in [1.82, 2.24) is 5.32 Å². The second kappa shape index (κ2) is 5.72. The highest BCUT2D eigenvalue weighted by Gasteiger charge is 2.54. The van der Waals surface area contributed by atoms with Crippen LogP contribution in [0.3, 0.4) is 0 Å². The molecule has 3 fully saturated rings. The van der Waals surface area contributed by atoms with Crippen LogP contribution < -0.4 is 5.32 Å². The summed E-state index contributed by atoms with van der Waals surface area (Å²) in [6.45, 7) is 1.06. The van der Waals surface area contributed by atoms with Gasteiger partial charge < -0.3 is 5.32 Å². The minimum atomic E-state index is 0.0115. The Morgan fingerprint density at radius 3 is 2.48 bits per heavy atom. The van der Waals surface area contributed by atoms with Crippen LogP contribution in [0.1, 0.15) is 56.4 Å². The summed E-state index contributed by atoms with van der Waals surface area (Å²) >= 11 is 0. The Kier molecular flexibility index (Phi) is 3.74. The molecule has 1 saturated heterocycles. The first-order valence-corrected chi connectivity index (χ1v) is 8.84. The Bertz CT molecular complexity index is 500. The number of benzene rings is 1. The highest BCUT2D eigenvalue weighted by atomic mass is 19.1. The number of nitrogens with one attached hydrogen (secondary N) is 1. The Labute approximate surface area is 127 Å². The smallest absolute Gasteiger partial charge is 0.126 e. The molecule has 0 bridgehead atoms. The molecule has 1 nitrogen and oxygen atoms in total. The predicted octanol–water partition coefficient (Wildman–Crippen LogP) is 4.49. The van der Waals surface area contributed by atoms with Gasteiger partial charge in [0.15, 0.2) is 0 Å². The van der Waals surface area contributed by atoms with Crippen molar-refractivity contribution >= 4 is 0 Å². The first-order valence-electron chi connectivity index (χ1n) is 8.84. The van der Waals surface area contributed by atoms with E-state index in [-0.39, 0.29) is 5.82 Å². The summed E-state index contributed by atoms with van der Waals surface area (Å²) in [5, 5.41) is 3.76. The van der Waals surface area contributed by atoms with Crippen molar-refractivity contribution in [2.24, 2.45) is 17.8 Å². The molecule has 2 aliphatic carbocycles. The molecule has 1 heterocycles. The van der Waals surface area contributed by atoms with Gasteiger partial charge in [-0.1, -0.05) is 43.9 Å². The normalized spacial score (nSPS) is 39.4. The van der Waals surface area contributed by atoms with E-state index >= 15 is 0 Å². The lowest BCUT2D eigenvalue weighted by Crippen LogP contribution is -2.63. The van der Waals surface area contributed by atoms with Gasteiger partial charge in [-0.3, -0.25) is 0 Å². The highest BCUT2D eigenvalue weighted by Crippen LogP contribution is 2.55. The third kappa shape index (κ3) is 2.32. The molecule has 1 aromatic rings. The molecule has 0 spiro atoms. The van der Waals surface area contributed by atoms with E-state index in [2.05, 4.69) is 5.32 Å². The van der Waals surface area contributed by atoms with Crippen molar-refractivity contribution in [3.63, 3.8) is 0 Å². The van der Waals surface area contributed by atoms with Crippen LogP contribution in [0.2, 0.25) is 0 Å². The molecule has 0 radical (unpaired) electrons. The average Bonchev–Trinajstić information content (AvgIpc) is 2.47. The number of rotatable bonds is 1. The minimum Gasteiger partial charge on any atom is -0.313 e. The lowest BCUT2D eigenvalue weighted by atomic mass is 9.50. The summed E-state index contributed by atoms with van der Waals surface area (Å²) in [5.41, 5.74) is 0.981. The molecule has 3 aliphatic rings. The quantitative estimate of drug-likeness (QED) is 0.802. The molecule has 1 aromatic carbocycles. The fourth-order valence-electron chi connectivity index (χ4n) is 5.44. The van der Waals surface area contributed by atoms with Gasteiger partial charge in [-0.25, -0.2) is 4.39 Å². The summed E-state index contributed by atoms with van der Waals surface area (Å²) in [4.78, 5) is 0. The van der Waals surface area contributed by atoms with Gasteiger partial charge in [0.1, 0.15) is 5.82 Å². The van der Waals surface area contributed by atoms with Crippen molar-refractivity contribution in [3.8, 4) is 0 Å². The maximum atomic E-state index is 14.2. The van der Waals surface area contributed by atoms with Crippen LogP contribution in [0.4, 0.5) is 4.39 Å². The van der Waals surface area contributed by atoms with Gasteiger partial charge in [-0.15, -0.1) is 0 Å². The molecule has 4 rings (SSSR count). The summed E-state index contributed by atoms with van der Waals surface area (Å²) < 4.78 is 14.2. The van der Waals surface area contributed by atoms with Crippen LogP contribution in [0.15, 0.2) is 24.3 Å². The molecule has 2 saturated carbocycles. The van der Waals surface area contributed by atoms with Crippen LogP contribution in [0.5, 0.6) is 0 Å².